The summed E-state index contributed by atoms with van der Waals surface area (Å²) in [5.74, 6) is 0.843. The highest BCUT2D eigenvalue weighted by Gasteiger charge is 2.28. The molecule has 2 amide bonds. The zero-order chi connectivity index (χ0) is 22.0. The number of halogens is 1. The Bertz CT molecular complexity index is 672. The molecular formula is C23H41IN6O. The lowest BCUT2D eigenvalue weighted by molar-refractivity contribution is 0.188. The maximum atomic E-state index is 11.3. The molecule has 2 rings (SSSR count). The molecule has 1 heterocycles. The highest BCUT2D eigenvalue weighted by molar-refractivity contribution is 14.0. The molecule has 1 aliphatic rings. The standard InChI is InChI=1S/C23H40N6O.HI/c1-5-23(6-2,28-18(4)19-11-9-8-10-12-19)17-26-22(25-7-3)27-20-13-15-29(16-14-20)21(24)30;/h8-12,18,20,28H,5-7,13-17H2,1-4H3,(H2,24,30)(H2,25,26,27);1H. The van der Waals surface area contributed by atoms with Crippen molar-refractivity contribution in [1.29, 1.82) is 0 Å². The Morgan fingerprint density at radius 2 is 1.81 bits per heavy atom. The number of hydrogen-bond acceptors (Lipinski definition) is 3. The van der Waals surface area contributed by atoms with Gasteiger partial charge >= 0.3 is 6.03 Å². The largest absolute Gasteiger partial charge is 0.357 e. The average Bonchev–Trinajstić information content (AvgIpc) is 2.77. The lowest BCUT2D eigenvalue weighted by Crippen LogP contribution is -2.52. The Morgan fingerprint density at radius 3 is 2.32 bits per heavy atom. The molecule has 0 bridgehead atoms. The number of nitrogens with zero attached hydrogens (tertiary/aromatic N) is 2. The Hall–Kier alpha value is -1.55. The van der Waals surface area contributed by atoms with Crippen molar-refractivity contribution in [2.45, 2.75) is 71.0 Å². The predicted octanol–water partition coefficient (Wildman–Crippen LogP) is 3.61. The molecular weight excluding hydrogens is 503 g/mol. The van der Waals surface area contributed by atoms with Crippen molar-refractivity contribution in [2.75, 3.05) is 26.2 Å². The minimum Gasteiger partial charge on any atom is -0.357 e. The van der Waals surface area contributed by atoms with E-state index in [0.29, 0.717) is 25.7 Å². The van der Waals surface area contributed by atoms with E-state index >= 15 is 0 Å². The number of piperidine rings is 1. The molecule has 1 fully saturated rings. The summed E-state index contributed by atoms with van der Waals surface area (Å²) in [6.07, 6.45) is 3.76. The zero-order valence-electron chi connectivity index (χ0n) is 19.5. The van der Waals surface area contributed by atoms with Crippen LogP contribution in [0.2, 0.25) is 0 Å². The van der Waals surface area contributed by atoms with E-state index in [1.165, 1.54) is 5.56 Å². The molecule has 1 aliphatic heterocycles. The van der Waals surface area contributed by atoms with Crippen LogP contribution < -0.4 is 21.7 Å². The van der Waals surface area contributed by atoms with Gasteiger partial charge in [0.05, 0.1) is 6.54 Å². The van der Waals surface area contributed by atoms with E-state index in [2.05, 4.69) is 74.0 Å². The van der Waals surface area contributed by atoms with E-state index in [-0.39, 0.29) is 41.6 Å². The van der Waals surface area contributed by atoms with Crippen LogP contribution in [0, 0.1) is 0 Å². The number of primary amides is 1. The number of nitrogens with one attached hydrogen (secondary N) is 3. The van der Waals surface area contributed by atoms with Gasteiger partial charge in [0.25, 0.3) is 0 Å². The van der Waals surface area contributed by atoms with Crippen molar-refractivity contribution in [3.05, 3.63) is 35.9 Å². The fraction of sp³-hybridized carbons (Fsp3) is 0.652. The smallest absolute Gasteiger partial charge is 0.314 e. The van der Waals surface area contributed by atoms with Crippen LogP contribution in [-0.2, 0) is 0 Å². The number of hydrogen-bond donors (Lipinski definition) is 4. The van der Waals surface area contributed by atoms with Crippen molar-refractivity contribution >= 4 is 36.0 Å². The van der Waals surface area contributed by atoms with Crippen LogP contribution in [0.25, 0.3) is 0 Å². The summed E-state index contributed by atoms with van der Waals surface area (Å²) in [6.45, 7) is 11.6. The number of guanidine groups is 1. The number of rotatable bonds is 9. The highest BCUT2D eigenvalue weighted by atomic mass is 127. The van der Waals surface area contributed by atoms with Crippen molar-refractivity contribution < 1.29 is 4.79 Å². The molecule has 1 saturated heterocycles. The average molecular weight is 545 g/mol. The molecule has 5 N–H and O–H groups in total. The third kappa shape index (κ3) is 8.48. The summed E-state index contributed by atoms with van der Waals surface area (Å²) in [7, 11) is 0. The van der Waals surface area contributed by atoms with E-state index in [4.69, 9.17) is 10.7 Å². The van der Waals surface area contributed by atoms with Crippen molar-refractivity contribution in [2.24, 2.45) is 10.7 Å². The van der Waals surface area contributed by atoms with Gasteiger partial charge in [0.1, 0.15) is 0 Å². The number of urea groups is 1. The molecule has 176 valence electrons. The third-order valence-electron chi connectivity index (χ3n) is 6.21. The summed E-state index contributed by atoms with van der Waals surface area (Å²) in [4.78, 5) is 18.0. The normalized spacial score (nSPS) is 16.4. The predicted molar refractivity (Wildman–Crippen MR) is 140 cm³/mol. The zero-order valence-corrected chi connectivity index (χ0v) is 21.8. The number of benzene rings is 1. The van der Waals surface area contributed by atoms with Crippen LogP contribution in [0.15, 0.2) is 35.3 Å². The van der Waals surface area contributed by atoms with Crippen LogP contribution in [0.1, 0.15) is 65.0 Å². The maximum absolute atomic E-state index is 11.3. The Morgan fingerprint density at radius 1 is 1.19 bits per heavy atom. The van der Waals surface area contributed by atoms with Gasteiger partial charge in [-0.25, -0.2) is 4.79 Å². The first-order valence-corrected chi connectivity index (χ1v) is 11.3. The van der Waals surface area contributed by atoms with Gasteiger partial charge in [0.15, 0.2) is 5.96 Å². The van der Waals surface area contributed by atoms with Crippen molar-refractivity contribution in [3.8, 4) is 0 Å². The molecule has 0 spiro atoms. The number of nitrogens with two attached hydrogens (primary N) is 1. The molecule has 0 aliphatic carbocycles. The highest BCUT2D eigenvalue weighted by Crippen LogP contribution is 2.22. The third-order valence-corrected chi connectivity index (χ3v) is 6.21. The van der Waals surface area contributed by atoms with Gasteiger partial charge in [0.2, 0.25) is 0 Å². The molecule has 0 radical (unpaired) electrons. The van der Waals surface area contributed by atoms with Crippen molar-refractivity contribution in [3.63, 3.8) is 0 Å². The molecule has 7 nitrogen and oxygen atoms in total. The van der Waals surface area contributed by atoms with Gasteiger partial charge in [-0.15, -0.1) is 24.0 Å². The van der Waals surface area contributed by atoms with E-state index in [1.807, 2.05) is 0 Å². The van der Waals surface area contributed by atoms with Crippen LogP contribution in [0.3, 0.4) is 0 Å². The first-order chi connectivity index (χ1) is 14.4. The Kier molecular flexibility index (Phi) is 12.2. The summed E-state index contributed by atoms with van der Waals surface area (Å²) >= 11 is 0. The SMILES string of the molecule is CCNC(=NCC(CC)(CC)NC(C)c1ccccc1)NC1CCN(C(N)=O)CC1.I. The molecule has 1 atom stereocenters. The Balaban J connectivity index is 0.00000480. The fourth-order valence-corrected chi connectivity index (χ4v) is 4.00. The fourth-order valence-electron chi connectivity index (χ4n) is 4.00. The van der Waals surface area contributed by atoms with Gasteiger partial charge in [-0.05, 0) is 45.1 Å². The molecule has 1 aromatic carbocycles. The summed E-state index contributed by atoms with van der Waals surface area (Å²) < 4.78 is 0. The molecule has 31 heavy (non-hydrogen) atoms. The van der Waals surface area contributed by atoms with Gasteiger partial charge in [-0.3, -0.25) is 4.99 Å². The quantitative estimate of drug-likeness (QED) is 0.217. The Labute approximate surface area is 205 Å². The van der Waals surface area contributed by atoms with Gasteiger partial charge in [-0.2, -0.15) is 0 Å². The molecule has 1 unspecified atom stereocenters. The van der Waals surface area contributed by atoms with E-state index in [1.54, 1.807) is 4.90 Å². The molecule has 0 saturated carbocycles. The topological polar surface area (TPSA) is 94.8 Å². The summed E-state index contributed by atoms with van der Waals surface area (Å²) in [5.41, 5.74) is 6.62. The van der Waals surface area contributed by atoms with Gasteiger partial charge in [-0.1, -0.05) is 44.2 Å². The summed E-state index contributed by atoms with van der Waals surface area (Å²) in [5, 5.41) is 10.8. The van der Waals surface area contributed by atoms with Crippen LogP contribution in [-0.4, -0.2) is 54.7 Å². The molecule has 1 aromatic rings. The van der Waals surface area contributed by atoms with Gasteiger partial charge < -0.3 is 26.6 Å². The van der Waals surface area contributed by atoms with E-state index < -0.39 is 0 Å². The van der Waals surface area contributed by atoms with Crippen molar-refractivity contribution in [1.82, 2.24) is 20.9 Å². The molecule has 0 aromatic heterocycles. The lowest BCUT2D eigenvalue weighted by atomic mass is 9.90. The number of aliphatic imine (C=N–C) groups is 1. The summed E-state index contributed by atoms with van der Waals surface area (Å²) in [6, 6.07) is 10.8. The second-order valence-corrected chi connectivity index (χ2v) is 8.20. The van der Waals surface area contributed by atoms with E-state index in [0.717, 1.165) is 38.2 Å². The number of carbonyl (C=O) groups excluding carboxylic acids is 1. The van der Waals surface area contributed by atoms with E-state index in [9.17, 15) is 4.79 Å². The maximum Gasteiger partial charge on any atom is 0.314 e. The molecule has 8 heteroatoms. The second-order valence-electron chi connectivity index (χ2n) is 8.20. The first-order valence-electron chi connectivity index (χ1n) is 11.3. The number of likely N-dealkylation sites (tertiary alicyclic amines) is 1. The van der Waals surface area contributed by atoms with Crippen LogP contribution >= 0.6 is 24.0 Å². The minimum absolute atomic E-state index is 0. The lowest BCUT2D eigenvalue weighted by Gasteiger charge is -2.36. The minimum atomic E-state index is -0.330. The van der Waals surface area contributed by atoms with Crippen LogP contribution in [0.4, 0.5) is 4.79 Å². The number of amides is 2. The number of carbonyl (C=O) groups is 1. The van der Waals surface area contributed by atoms with Crippen LogP contribution in [0.5, 0.6) is 0 Å². The van der Waals surface area contributed by atoms with Gasteiger partial charge in [0, 0.05) is 37.3 Å². The second kappa shape index (κ2) is 13.8. The first kappa shape index (κ1) is 27.5. The monoisotopic (exact) mass is 544 g/mol.